The van der Waals surface area contributed by atoms with E-state index in [0.717, 1.165) is 0 Å². The van der Waals surface area contributed by atoms with Crippen molar-refractivity contribution in [3.8, 4) is 0 Å². The average Bonchev–Trinajstić information content (AvgIpc) is 2.94. The summed E-state index contributed by atoms with van der Waals surface area (Å²) in [7, 11) is -0.794. The van der Waals surface area contributed by atoms with Gasteiger partial charge in [-0.1, -0.05) is 39.8 Å². The van der Waals surface area contributed by atoms with Crippen molar-refractivity contribution in [1.82, 2.24) is 19.8 Å². The van der Waals surface area contributed by atoms with Gasteiger partial charge in [0.25, 0.3) is 0 Å². The fraction of sp³-hybridized carbons (Fsp3) is 0.786. The minimum atomic E-state index is -3.80. The largest absolute Gasteiger partial charge is 0.348 e. The second-order valence-electron chi connectivity index (χ2n) is 6.00. The number of nitrogens with one attached hydrogen (secondary N) is 1. The maximum atomic E-state index is 12.0. The molecule has 0 saturated carbocycles. The zero-order chi connectivity index (χ0) is 18.4. The summed E-state index contributed by atoms with van der Waals surface area (Å²) in [5.41, 5.74) is -0.283. The van der Waals surface area contributed by atoms with Crippen LogP contribution in [0.15, 0.2) is 4.52 Å². The Morgan fingerprint density at radius 1 is 1.35 bits per heavy atom. The lowest BCUT2D eigenvalue weighted by Gasteiger charge is -2.17. The van der Waals surface area contributed by atoms with Crippen LogP contribution in [-0.2, 0) is 26.8 Å². The summed E-state index contributed by atoms with van der Waals surface area (Å²) in [6, 6.07) is 0. The number of hydrogen-bond acceptors (Lipinski definition) is 6. The van der Waals surface area contributed by atoms with Crippen LogP contribution < -0.4 is 4.72 Å². The van der Waals surface area contributed by atoms with Gasteiger partial charge in [0.2, 0.25) is 21.8 Å². The molecule has 0 saturated heterocycles. The average molecular weight is 350 g/mol. The highest BCUT2D eigenvalue weighted by Crippen LogP contribution is 2.18. The van der Waals surface area contributed by atoms with Crippen molar-refractivity contribution in [2.75, 3.05) is 14.1 Å². The molecule has 8 nitrogen and oxygen atoms in total. The van der Waals surface area contributed by atoms with Crippen LogP contribution in [0.3, 0.4) is 0 Å². The van der Waals surface area contributed by atoms with Crippen LogP contribution in [0.1, 0.15) is 54.7 Å². The molecule has 0 radical (unpaired) electrons. The summed E-state index contributed by atoms with van der Waals surface area (Å²) in [6.07, 6.45) is 0. The molecule has 1 aromatic rings. The predicted molar refractivity (Wildman–Crippen MR) is 90.4 cm³/mol. The van der Waals surface area contributed by atoms with Gasteiger partial charge in [0.05, 0.1) is 6.54 Å². The summed E-state index contributed by atoms with van der Waals surface area (Å²) < 4.78 is 31.3. The van der Waals surface area contributed by atoms with E-state index in [4.69, 9.17) is 4.52 Å². The Morgan fingerprint density at radius 3 is 2.26 bits per heavy atom. The first-order valence-electron chi connectivity index (χ1n) is 7.48. The second-order valence-corrected chi connectivity index (χ2v) is 8.09. The van der Waals surface area contributed by atoms with Crippen LogP contribution in [0.2, 0.25) is 0 Å². The Morgan fingerprint density at radius 2 is 1.87 bits per heavy atom. The molecule has 1 atom stereocenters. The van der Waals surface area contributed by atoms with Gasteiger partial charge in [0.15, 0.2) is 11.1 Å². The van der Waals surface area contributed by atoms with Gasteiger partial charge < -0.3 is 9.42 Å². The van der Waals surface area contributed by atoms with Gasteiger partial charge in [-0.05, 0) is 6.92 Å². The summed E-state index contributed by atoms with van der Waals surface area (Å²) in [5.74, 6) is 0.158. The van der Waals surface area contributed by atoms with E-state index >= 15 is 0 Å². The first kappa shape index (κ1) is 21.5. The molecule has 1 N–H and O–H groups in total. The molecule has 0 spiro atoms. The van der Waals surface area contributed by atoms with E-state index in [2.05, 4.69) is 14.9 Å². The van der Waals surface area contributed by atoms with Crippen molar-refractivity contribution in [2.45, 2.75) is 58.8 Å². The Hall–Kier alpha value is -1.48. The summed E-state index contributed by atoms with van der Waals surface area (Å²) >= 11 is 0. The van der Waals surface area contributed by atoms with Crippen molar-refractivity contribution in [3.63, 3.8) is 0 Å². The fourth-order valence-electron chi connectivity index (χ4n) is 1.41. The van der Waals surface area contributed by atoms with Crippen molar-refractivity contribution in [1.29, 1.82) is 0 Å². The molecule has 0 bridgehead atoms. The third kappa shape index (κ3) is 6.26. The Labute approximate surface area is 140 Å². The van der Waals surface area contributed by atoms with Gasteiger partial charge in [0.1, 0.15) is 0 Å². The van der Waals surface area contributed by atoms with Gasteiger partial charge in [0, 0.05) is 20.9 Å². The molecule has 0 fully saturated rings. The highest BCUT2D eigenvalue weighted by Gasteiger charge is 2.29. The quantitative estimate of drug-likeness (QED) is 0.863. The predicted octanol–water partition coefficient (Wildman–Crippen LogP) is 1.54. The molecule has 1 heterocycles. The third-order valence-corrected chi connectivity index (χ3v) is 4.50. The van der Waals surface area contributed by atoms with Gasteiger partial charge in [-0.2, -0.15) is 4.98 Å². The number of hydrogen-bond donors (Lipinski definition) is 1. The lowest BCUT2D eigenvalue weighted by Crippen LogP contribution is -2.42. The number of amides is 1. The van der Waals surface area contributed by atoms with Gasteiger partial charge >= 0.3 is 0 Å². The molecule has 1 rings (SSSR count). The number of rotatable bonds is 5. The molecule has 0 aromatic carbocycles. The maximum absolute atomic E-state index is 12.0. The zero-order valence-corrected chi connectivity index (χ0v) is 16.0. The molecule has 23 heavy (non-hydrogen) atoms. The zero-order valence-electron chi connectivity index (χ0n) is 15.2. The molecular weight excluding hydrogens is 320 g/mol. The Balaban J connectivity index is 0. The van der Waals surface area contributed by atoms with Crippen LogP contribution in [0.4, 0.5) is 0 Å². The first-order valence-corrected chi connectivity index (χ1v) is 9.02. The smallest absolute Gasteiger partial charge is 0.241 e. The normalized spacial score (nSPS) is 13.0. The molecule has 1 amide bonds. The van der Waals surface area contributed by atoms with Crippen LogP contribution in [-0.4, -0.2) is 48.7 Å². The molecule has 0 aliphatic carbocycles. The van der Waals surface area contributed by atoms with E-state index in [1.54, 1.807) is 0 Å². The standard InChI is InChI=1S/C12H22N4O4S.C2H6.H2/c1-8(10(17)16(5)6)21(18,19)13-7-9-14-11(15-20-9)12(2,3)4;1-2;/h8,13H,7H2,1-6H3;1-2H3;1H/t8-;;/m1../s1. The van der Waals surface area contributed by atoms with Crippen LogP contribution in [0, 0.1) is 0 Å². The molecule has 0 unspecified atom stereocenters. The second kappa shape index (κ2) is 8.39. The Kier molecular flexibility index (Phi) is 7.85. The van der Waals surface area contributed by atoms with Crippen molar-refractivity contribution in [3.05, 3.63) is 11.7 Å². The topological polar surface area (TPSA) is 105 Å². The molecule has 9 heteroatoms. The van der Waals surface area contributed by atoms with Crippen LogP contribution in [0.5, 0.6) is 0 Å². The van der Waals surface area contributed by atoms with Crippen molar-refractivity contribution in [2.24, 2.45) is 0 Å². The number of carbonyl (C=O) groups excluding carboxylic acids is 1. The number of carbonyl (C=O) groups is 1. The van der Waals surface area contributed by atoms with E-state index in [-0.39, 0.29) is 19.3 Å². The highest BCUT2D eigenvalue weighted by molar-refractivity contribution is 7.90. The minimum Gasteiger partial charge on any atom is -0.348 e. The minimum absolute atomic E-state index is 0. The van der Waals surface area contributed by atoms with Crippen molar-refractivity contribution < 1.29 is 19.2 Å². The van der Waals surface area contributed by atoms with Crippen molar-refractivity contribution >= 4 is 15.9 Å². The monoisotopic (exact) mass is 350 g/mol. The summed E-state index contributed by atoms with van der Waals surface area (Å²) in [6.45, 7) is 11.0. The molecule has 0 aliphatic heterocycles. The maximum Gasteiger partial charge on any atom is 0.241 e. The molecule has 1 aromatic heterocycles. The third-order valence-electron chi connectivity index (χ3n) is 2.82. The Bertz CT molecular complexity index is 609. The lowest BCUT2D eigenvalue weighted by molar-refractivity contribution is -0.127. The molecular formula is C14H30N4O4S. The summed E-state index contributed by atoms with van der Waals surface area (Å²) in [4.78, 5) is 17.0. The van der Waals surface area contributed by atoms with Gasteiger partial charge in [-0.15, -0.1) is 0 Å². The number of aromatic nitrogens is 2. The molecule has 136 valence electrons. The number of sulfonamides is 1. The van der Waals surface area contributed by atoms with E-state index in [9.17, 15) is 13.2 Å². The van der Waals surface area contributed by atoms with Crippen LogP contribution >= 0.6 is 0 Å². The van der Waals surface area contributed by atoms with Gasteiger partial charge in [-0.3, -0.25) is 4.79 Å². The first-order chi connectivity index (χ1) is 10.4. The van der Waals surface area contributed by atoms with E-state index in [0.29, 0.717) is 5.82 Å². The van der Waals surface area contributed by atoms with E-state index in [1.807, 2.05) is 34.6 Å². The fourth-order valence-corrected chi connectivity index (χ4v) is 2.47. The molecule has 0 aliphatic rings. The van der Waals surface area contributed by atoms with E-state index in [1.165, 1.54) is 25.9 Å². The highest BCUT2D eigenvalue weighted by atomic mass is 32.2. The van der Waals surface area contributed by atoms with E-state index < -0.39 is 21.2 Å². The van der Waals surface area contributed by atoms with Crippen LogP contribution in [0.25, 0.3) is 0 Å². The lowest BCUT2D eigenvalue weighted by atomic mass is 9.96. The summed E-state index contributed by atoms with van der Waals surface area (Å²) in [5, 5.41) is 2.62. The number of nitrogens with zero attached hydrogens (tertiary/aromatic N) is 3. The SMILES string of the molecule is CC.C[C@H](C(=O)N(C)C)S(=O)(=O)NCc1nc(C(C)(C)C)no1.[HH]. The van der Waals surface area contributed by atoms with Gasteiger partial charge in [-0.25, -0.2) is 13.1 Å².